The summed E-state index contributed by atoms with van der Waals surface area (Å²) in [7, 11) is 0. The minimum Gasteiger partial charge on any atom is -0.396 e. The lowest BCUT2D eigenvalue weighted by Crippen LogP contribution is -2.21. The van der Waals surface area contributed by atoms with Gasteiger partial charge in [-0.3, -0.25) is 0 Å². The normalized spacial score (nSPS) is 13.4. The first kappa shape index (κ1) is 34.0. The van der Waals surface area contributed by atoms with Crippen LogP contribution in [0.15, 0.2) is 0 Å². The third-order valence-electron chi connectivity index (χ3n) is 8.15. The van der Waals surface area contributed by atoms with E-state index in [-0.39, 0.29) is 5.41 Å². The van der Waals surface area contributed by atoms with Gasteiger partial charge in [-0.2, -0.15) is 0 Å². The van der Waals surface area contributed by atoms with Gasteiger partial charge in [0.15, 0.2) is 0 Å². The first-order valence-electron chi connectivity index (χ1n) is 16.3. The highest BCUT2D eigenvalue weighted by Crippen LogP contribution is 2.31. The van der Waals surface area contributed by atoms with E-state index in [1.165, 1.54) is 180 Å². The Bertz CT molecular complexity index is 366. The van der Waals surface area contributed by atoms with Crippen LogP contribution in [-0.2, 0) is 0 Å². The standard InChI is InChI=1S/C33H68O/c1-4-6-8-10-12-14-16-18-19-21-23-25-27-29-31-33(3,32-34)30-28-26-24-22-20-17-15-13-11-9-7-5-2/h34H,4-32H2,1-3H3. The minimum absolute atomic E-state index is 0.176. The van der Waals surface area contributed by atoms with E-state index in [0.29, 0.717) is 6.61 Å². The van der Waals surface area contributed by atoms with E-state index in [0.717, 1.165) is 0 Å². The van der Waals surface area contributed by atoms with Crippen LogP contribution in [0, 0.1) is 5.41 Å². The van der Waals surface area contributed by atoms with E-state index < -0.39 is 0 Å². The molecule has 206 valence electrons. The van der Waals surface area contributed by atoms with Gasteiger partial charge in [0.05, 0.1) is 0 Å². The molecule has 34 heavy (non-hydrogen) atoms. The number of hydrogen-bond donors (Lipinski definition) is 1. The summed E-state index contributed by atoms with van der Waals surface area (Å²) >= 11 is 0. The molecule has 0 aromatic heterocycles. The molecule has 1 atom stereocenters. The average molecular weight is 481 g/mol. The number of unbranched alkanes of at least 4 members (excludes halogenated alkanes) is 24. The average Bonchev–Trinajstić information content (AvgIpc) is 2.85. The minimum atomic E-state index is 0.176. The Morgan fingerprint density at radius 3 is 0.765 bits per heavy atom. The summed E-state index contributed by atoms with van der Waals surface area (Å²) in [6.07, 6.45) is 39.3. The van der Waals surface area contributed by atoms with Gasteiger partial charge in [0.1, 0.15) is 0 Å². The Labute approximate surface area is 217 Å². The quantitative estimate of drug-likeness (QED) is 0.105. The SMILES string of the molecule is CCCCCCCCCCCCCCCCC(C)(CO)CCCCCCCCCCCCCC. The number of rotatable bonds is 29. The molecule has 1 heteroatoms. The zero-order chi connectivity index (χ0) is 25.0. The van der Waals surface area contributed by atoms with Gasteiger partial charge in [0.2, 0.25) is 0 Å². The van der Waals surface area contributed by atoms with Crippen molar-refractivity contribution in [2.75, 3.05) is 6.61 Å². The lowest BCUT2D eigenvalue weighted by atomic mass is 9.80. The zero-order valence-electron chi connectivity index (χ0n) is 24.5. The first-order chi connectivity index (χ1) is 16.7. The van der Waals surface area contributed by atoms with Crippen LogP contribution in [0.3, 0.4) is 0 Å². The largest absolute Gasteiger partial charge is 0.396 e. The molecule has 0 rings (SSSR count). The van der Waals surface area contributed by atoms with E-state index in [1.54, 1.807) is 0 Å². The van der Waals surface area contributed by atoms with Gasteiger partial charge in [-0.1, -0.05) is 188 Å². The predicted molar refractivity (Wildman–Crippen MR) is 156 cm³/mol. The lowest BCUT2D eigenvalue weighted by molar-refractivity contribution is 0.116. The number of hydrogen-bond acceptors (Lipinski definition) is 1. The first-order valence-corrected chi connectivity index (χ1v) is 16.3. The molecule has 0 saturated carbocycles. The zero-order valence-corrected chi connectivity index (χ0v) is 24.5. The second-order valence-electron chi connectivity index (χ2n) is 12.0. The van der Waals surface area contributed by atoms with Crippen LogP contribution in [-0.4, -0.2) is 11.7 Å². The van der Waals surface area contributed by atoms with Crippen LogP contribution in [0.2, 0.25) is 0 Å². The highest BCUT2D eigenvalue weighted by molar-refractivity contribution is 4.73. The van der Waals surface area contributed by atoms with Crippen molar-refractivity contribution in [1.82, 2.24) is 0 Å². The van der Waals surface area contributed by atoms with Crippen molar-refractivity contribution in [3.05, 3.63) is 0 Å². The van der Waals surface area contributed by atoms with Crippen molar-refractivity contribution < 1.29 is 5.11 Å². The number of aliphatic hydroxyl groups excluding tert-OH is 1. The van der Waals surface area contributed by atoms with E-state index in [2.05, 4.69) is 20.8 Å². The Balaban J connectivity index is 3.42. The molecule has 0 bridgehead atoms. The Morgan fingerprint density at radius 1 is 0.353 bits per heavy atom. The molecule has 0 fully saturated rings. The Morgan fingerprint density at radius 2 is 0.559 bits per heavy atom. The molecule has 1 unspecified atom stereocenters. The van der Waals surface area contributed by atoms with Gasteiger partial charge in [-0.25, -0.2) is 0 Å². The van der Waals surface area contributed by atoms with E-state index in [9.17, 15) is 5.11 Å². The molecule has 0 saturated heterocycles. The molecule has 0 amide bonds. The van der Waals surface area contributed by atoms with Crippen molar-refractivity contribution >= 4 is 0 Å². The summed E-state index contributed by atoms with van der Waals surface area (Å²) in [4.78, 5) is 0. The highest BCUT2D eigenvalue weighted by atomic mass is 16.3. The molecule has 1 N–H and O–H groups in total. The summed E-state index contributed by atoms with van der Waals surface area (Å²) < 4.78 is 0. The van der Waals surface area contributed by atoms with Crippen LogP contribution in [0.1, 0.15) is 201 Å². The summed E-state index contributed by atoms with van der Waals surface area (Å²) in [6, 6.07) is 0. The molecule has 0 heterocycles. The highest BCUT2D eigenvalue weighted by Gasteiger charge is 2.22. The predicted octanol–water partition coefficient (Wildman–Crippen LogP) is 11.9. The van der Waals surface area contributed by atoms with Crippen LogP contribution in [0.5, 0.6) is 0 Å². The molecule has 0 aromatic carbocycles. The fourth-order valence-electron chi connectivity index (χ4n) is 5.42. The van der Waals surface area contributed by atoms with E-state index in [1.807, 2.05) is 0 Å². The van der Waals surface area contributed by atoms with Crippen molar-refractivity contribution in [2.24, 2.45) is 5.41 Å². The van der Waals surface area contributed by atoms with Crippen LogP contribution >= 0.6 is 0 Å². The maximum atomic E-state index is 9.97. The van der Waals surface area contributed by atoms with Crippen molar-refractivity contribution in [3.63, 3.8) is 0 Å². The van der Waals surface area contributed by atoms with Gasteiger partial charge in [0, 0.05) is 6.61 Å². The molecule has 0 aliphatic rings. The van der Waals surface area contributed by atoms with E-state index in [4.69, 9.17) is 0 Å². The van der Waals surface area contributed by atoms with Crippen LogP contribution in [0.25, 0.3) is 0 Å². The summed E-state index contributed by atoms with van der Waals surface area (Å²) in [5.41, 5.74) is 0.176. The smallest absolute Gasteiger partial charge is 0.0484 e. The van der Waals surface area contributed by atoms with Crippen molar-refractivity contribution in [3.8, 4) is 0 Å². The summed E-state index contributed by atoms with van der Waals surface area (Å²) in [6.45, 7) is 7.30. The van der Waals surface area contributed by atoms with Gasteiger partial charge in [-0.15, -0.1) is 0 Å². The monoisotopic (exact) mass is 481 g/mol. The fourth-order valence-corrected chi connectivity index (χ4v) is 5.42. The molecular formula is C33H68O. The third kappa shape index (κ3) is 25.1. The lowest BCUT2D eigenvalue weighted by Gasteiger charge is -2.27. The van der Waals surface area contributed by atoms with Gasteiger partial charge < -0.3 is 5.11 Å². The van der Waals surface area contributed by atoms with Crippen LogP contribution in [0.4, 0.5) is 0 Å². The van der Waals surface area contributed by atoms with Crippen molar-refractivity contribution in [1.29, 1.82) is 0 Å². The van der Waals surface area contributed by atoms with Crippen LogP contribution < -0.4 is 0 Å². The van der Waals surface area contributed by atoms with Gasteiger partial charge in [-0.05, 0) is 18.3 Å². The summed E-state index contributed by atoms with van der Waals surface area (Å²) in [5.74, 6) is 0. The van der Waals surface area contributed by atoms with Gasteiger partial charge >= 0.3 is 0 Å². The molecule has 0 aliphatic heterocycles. The van der Waals surface area contributed by atoms with Gasteiger partial charge in [0.25, 0.3) is 0 Å². The van der Waals surface area contributed by atoms with Crippen molar-refractivity contribution in [2.45, 2.75) is 201 Å². The molecule has 0 radical (unpaired) electrons. The second-order valence-corrected chi connectivity index (χ2v) is 12.0. The number of aliphatic hydroxyl groups is 1. The third-order valence-corrected chi connectivity index (χ3v) is 8.15. The Kier molecular flexibility index (Phi) is 27.5. The van der Waals surface area contributed by atoms with E-state index >= 15 is 0 Å². The topological polar surface area (TPSA) is 20.2 Å². The Hall–Kier alpha value is -0.0400. The molecule has 0 aromatic rings. The molecule has 1 nitrogen and oxygen atoms in total. The maximum absolute atomic E-state index is 9.97. The molecule has 0 spiro atoms. The second kappa shape index (κ2) is 27.5. The molecule has 0 aliphatic carbocycles. The molecular weight excluding hydrogens is 412 g/mol. The summed E-state index contributed by atoms with van der Waals surface area (Å²) in [5, 5.41) is 9.97. The fraction of sp³-hybridized carbons (Fsp3) is 1.00. The maximum Gasteiger partial charge on any atom is 0.0484 e.